The van der Waals surface area contributed by atoms with E-state index in [-0.39, 0.29) is 0 Å². The summed E-state index contributed by atoms with van der Waals surface area (Å²) in [5, 5.41) is 3.76. The van der Waals surface area contributed by atoms with Crippen LogP contribution in [0.1, 0.15) is 5.56 Å². The molecule has 1 aromatic heterocycles. The second-order valence-corrected chi connectivity index (χ2v) is 5.61. The zero-order valence-electron chi connectivity index (χ0n) is 9.15. The van der Waals surface area contributed by atoms with E-state index in [2.05, 4.69) is 32.9 Å². The van der Waals surface area contributed by atoms with Crippen LogP contribution < -0.4 is 11.1 Å². The number of hydrogen-bond donors (Lipinski definition) is 2. The number of pyridine rings is 1. The molecule has 0 atom stereocenters. The second kappa shape index (κ2) is 5.81. The molecule has 6 heteroatoms. The fraction of sp³-hybridized carbons (Fsp3) is 0. The molecule has 0 amide bonds. The van der Waals surface area contributed by atoms with Crippen molar-refractivity contribution >= 4 is 62.9 Å². The standard InChI is InChI=1S/C12H9ClIN3S/c13-9-6-7(14)3-4-10(9)17-12-8(11(15)18)2-1-5-16-12/h1-6H,(H2,15,18)(H,16,17). The first-order valence-electron chi connectivity index (χ1n) is 5.05. The Morgan fingerprint density at radius 3 is 2.83 bits per heavy atom. The topological polar surface area (TPSA) is 50.9 Å². The van der Waals surface area contributed by atoms with Gasteiger partial charge in [-0.2, -0.15) is 0 Å². The summed E-state index contributed by atoms with van der Waals surface area (Å²) in [4.78, 5) is 4.52. The van der Waals surface area contributed by atoms with Crippen LogP contribution in [-0.4, -0.2) is 9.97 Å². The normalized spacial score (nSPS) is 10.1. The predicted octanol–water partition coefficient (Wildman–Crippen LogP) is 3.72. The van der Waals surface area contributed by atoms with Gasteiger partial charge in [-0.25, -0.2) is 4.98 Å². The van der Waals surface area contributed by atoms with E-state index in [1.54, 1.807) is 12.3 Å². The Balaban J connectivity index is 2.37. The molecule has 0 aliphatic rings. The first-order valence-corrected chi connectivity index (χ1v) is 6.91. The summed E-state index contributed by atoms with van der Waals surface area (Å²) in [7, 11) is 0. The molecule has 92 valence electrons. The van der Waals surface area contributed by atoms with Crippen LogP contribution in [0.2, 0.25) is 5.02 Å². The van der Waals surface area contributed by atoms with Crippen molar-refractivity contribution in [3.8, 4) is 0 Å². The fourth-order valence-corrected chi connectivity index (χ4v) is 2.49. The quantitative estimate of drug-likeness (QED) is 0.620. The maximum absolute atomic E-state index is 6.15. The van der Waals surface area contributed by atoms with E-state index in [1.807, 2.05) is 24.3 Å². The van der Waals surface area contributed by atoms with E-state index in [4.69, 9.17) is 29.6 Å². The zero-order chi connectivity index (χ0) is 13.1. The third-order valence-corrected chi connectivity index (χ3v) is 3.46. The van der Waals surface area contributed by atoms with Gasteiger partial charge in [-0.15, -0.1) is 0 Å². The molecule has 0 saturated heterocycles. The van der Waals surface area contributed by atoms with Crippen molar-refractivity contribution in [1.82, 2.24) is 4.98 Å². The van der Waals surface area contributed by atoms with E-state index in [0.29, 0.717) is 21.4 Å². The van der Waals surface area contributed by atoms with E-state index < -0.39 is 0 Å². The molecule has 3 N–H and O–H groups in total. The lowest BCUT2D eigenvalue weighted by molar-refractivity contribution is 1.30. The maximum Gasteiger partial charge on any atom is 0.140 e. The minimum absolute atomic E-state index is 0.298. The van der Waals surface area contributed by atoms with Crippen LogP contribution in [0.4, 0.5) is 11.5 Å². The van der Waals surface area contributed by atoms with Gasteiger partial charge < -0.3 is 11.1 Å². The van der Waals surface area contributed by atoms with Gasteiger partial charge in [-0.3, -0.25) is 0 Å². The highest BCUT2D eigenvalue weighted by Gasteiger charge is 2.08. The van der Waals surface area contributed by atoms with Crippen LogP contribution in [0.3, 0.4) is 0 Å². The minimum Gasteiger partial charge on any atom is -0.389 e. The Hall–Kier alpha value is -0.920. The summed E-state index contributed by atoms with van der Waals surface area (Å²) in [5.74, 6) is 0.605. The molecule has 0 spiro atoms. The van der Waals surface area contributed by atoms with Crippen molar-refractivity contribution in [3.63, 3.8) is 0 Å². The van der Waals surface area contributed by atoms with E-state index in [9.17, 15) is 0 Å². The maximum atomic E-state index is 6.15. The Kier molecular flexibility index (Phi) is 4.36. The molecular formula is C12H9ClIN3S. The number of nitrogens with one attached hydrogen (secondary N) is 1. The monoisotopic (exact) mass is 389 g/mol. The molecule has 0 fully saturated rings. The summed E-state index contributed by atoms with van der Waals surface area (Å²) in [5.41, 5.74) is 7.12. The van der Waals surface area contributed by atoms with Gasteiger partial charge in [-0.1, -0.05) is 23.8 Å². The highest BCUT2D eigenvalue weighted by atomic mass is 127. The Labute approximate surface area is 129 Å². The lowest BCUT2D eigenvalue weighted by Gasteiger charge is -2.11. The van der Waals surface area contributed by atoms with Gasteiger partial charge in [0.2, 0.25) is 0 Å². The third-order valence-electron chi connectivity index (χ3n) is 2.26. The van der Waals surface area contributed by atoms with Gasteiger partial charge in [-0.05, 0) is 52.9 Å². The lowest BCUT2D eigenvalue weighted by atomic mass is 10.2. The molecule has 1 aromatic carbocycles. The van der Waals surface area contributed by atoms with Crippen LogP contribution >= 0.6 is 46.4 Å². The number of halogens is 2. The summed E-state index contributed by atoms with van der Waals surface area (Å²) >= 11 is 13.3. The van der Waals surface area contributed by atoms with Crippen LogP contribution in [0.15, 0.2) is 36.5 Å². The van der Waals surface area contributed by atoms with Crippen LogP contribution in [0.25, 0.3) is 0 Å². The first kappa shape index (κ1) is 13.5. The van der Waals surface area contributed by atoms with Crippen LogP contribution in [0.5, 0.6) is 0 Å². The number of benzene rings is 1. The number of thiocarbonyl (C=S) groups is 1. The van der Waals surface area contributed by atoms with Crippen LogP contribution in [-0.2, 0) is 0 Å². The summed E-state index contributed by atoms with van der Waals surface area (Å²) in [6.07, 6.45) is 1.67. The molecular weight excluding hydrogens is 381 g/mol. The van der Waals surface area contributed by atoms with E-state index >= 15 is 0 Å². The summed E-state index contributed by atoms with van der Waals surface area (Å²) in [6, 6.07) is 9.32. The molecule has 1 heterocycles. The molecule has 3 nitrogen and oxygen atoms in total. The highest BCUT2D eigenvalue weighted by Crippen LogP contribution is 2.27. The third kappa shape index (κ3) is 3.09. The number of hydrogen-bond acceptors (Lipinski definition) is 3. The molecule has 0 radical (unpaired) electrons. The van der Waals surface area contributed by atoms with Crippen molar-refractivity contribution in [2.24, 2.45) is 5.73 Å². The average Bonchev–Trinajstić information content (AvgIpc) is 2.33. The molecule has 18 heavy (non-hydrogen) atoms. The van der Waals surface area contributed by atoms with Gasteiger partial charge in [0.15, 0.2) is 0 Å². The fourth-order valence-electron chi connectivity index (χ4n) is 1.42. The average molecular weight is 390 g/mol. The van der Waals surface area contributed by atoms with Crippen LogP contribution in [0, 0.1) is 3.57 Å². The molecule has 0 aliphatic carbocycles. The number of nitrogens with zero attached hydrogens (tertiary/aromatic N) is 1. The number of rotatable bonds is 3. The first-order chi connectivity index (χ1) is 8.58. The molecule has 2 aromatic rings. The van der Waals surface area contributed by atoms with Gasteiger partial charge in [0, 0.05) is 9.77 Å². The van der Waals surface area contributed by atoms with Crippen molar-refractivity contribution < 1.29 is 0 Å². The molecule has 0 bridgehead atoms. The predicted molar refractivity (Wildman–Crippen MR) is 87.6 cm³/mol. The lowest BCUT2D eigenvalue weighted by Crippen LogP contribution is -2.12. The highest BCUT2D eigenvalue weighted by molar-refractivity contribution is 14.1. The Morgan fingerprint density at radius 1 is 1.39 bits per heavy atom. The molecule has 0 unspecified atom stereocenters. The van der Waals surface area contributed by atoms with Crippen molar-refractivity contribution in [3.05, 3.63) is 50.7 Å². The number of aromatic nitrogens is 1. The van der Waals surface area contributed by atoms with Gasteiger partial charge in [0.05, 0.1) is 16.3 Å². The van der Waals surface area contributed by atoms with E-state index in [0.717, 1.165) is 9.26 Å². The number of anilines is 2. The Bertz CT molecular complexity index is 604. The SMILES string of the molecule is NC(=S)c1cccnc1Nc1ccc(I)cc1Cl. The van der Waals surface area contributed by atoms with Gasteiger partial charge >= 0.3 is 0 Å². The Morgan fingerprint density at radius 2 is 2.17 bits per heavy atom. The molecule has 0 saturated carbocycles. The summed E-state index contributed by atoms with van der Waals surface area (Å²) in [6.45, 7) is 0. The van der Waals surface area contributed by atoms with E-state index in [1.165, 1.54) is 0 Å². The molecule has 2 rings (SSSR count). The largest absolute Gasteiger partial charge is 0.389 e. The molecule has 0 aliphatic heterocycles. The smallest absolute Gasteiger partial charge is 0.140 e. The van der Waals surface area contributed by atoms with Gasteiger partial charge in [0.25, 0.3) is 0 Å². The van der Waals surface area contributed by atoms with Crippen molar-refractivity contribution in [2.75, 3.05) is 5.32 Å². The van der Waals surface area contributed by atoms with Crippen molar-refractivity contribution in [2.45, 2.75) is 0 Å². The van der Waals surface area contributed by atoms with Gasteiger partial charge in [0.1, 0.15) is 10.8 Å². The minimum atomic E-state index is 0.298. The summed E-state index contributed by atoms with van der Waals surface area (Å²) < 4.78 is 1.07. The number of nitrogens with two attached hydrogens (primary N) is 1. The van der Waals surface area contributed by atoms with Crippen molar-refractivity contribution in [1.29, 1.82) is 0 Å². The second-order valence-electron chi connectivity index (χ2n) is 3.51. The zero-order valence-corrected chi connectivity index (χ0v) is 12.9.